The highest BCUT2D eigenvalue weighted by atomic mass is 32.1. The largest absolute Gasteiger partial charge is 0.503 e. The fraction of sp³-hybridized carbons (Fsp3) is 0.192. The molecule has 0 aliphatic carbocycles. The molecule has 3 heterocycles. The first-order valence-electron chi connectivity index (χ1n) is 11.1. The number of furan rings is 1. The van der Waals surface area contributed by atoms with E-state index in [1.165, 1.54) is 42.8 Å². The summed E-state index contributed by atoms with van der Waals surface area (Å²) in [5, 5.41) is 11.3. The molecule has 0 bridgehead atoms. The number of ketones is 1. The second kappa shape index (κ2) is 9.38. The molecule has 1 amide bonds. The minimum atomic E-state index is -1.05. The minimum Gasteiger partial charge on any atom is -0.503 e. The topological polar surface area (TPSA) is 111 Å². The lowest BCUT2D eigenvalue weighted by atomic mass is 9.94. The number of hydrogen-bond donors (Lipinski definition) is 1. The van der Waals surface area contributed by atoms with Gasteiger partial charge in [-0.25, -0.2) is 4.98 Å². The molecule has 36 heavy (non-hydrogen) atoms. The van der Waals surface area contributed by atoms with Gasteiger partial charge in [0, 0.05) is 5.56 Å². The molecule has 1 N–H and O–H groups in total. The molecule has 5 rings (SSSR count). The zero-order valence-electron chi connectivity index (χ0n) is 19.7. The molecule has 4 aromatic rings. The van der Waals surface area contributed by atoms with Crippen LogP contribution in [0.1, 0.15) is 29.1 Å². The molecule has 0 saturated heterocycles. The van der Waals surface area contributed by atoms with Crippen LogP contribution in [0.4, 0.5) is 5.13 Å². The maximum absolute atomic E-state index is 13.5. The normalized spacial score (nSPS) is 15.6. The van der Waals surface area contributed by atoms with Crippen LogP contribution in [0.3, 0.4) is 0 Å². The van der Waals surface area contributed by atoms with E-state index in [-0.39, 0.29) is 11.3 Å². The van der Waals surface area contributed by atoms with E-state index in [2.05, 4.69) is 4.98 Å². The summed E-state index contributed by atoms with van der Waals surface area (Å²) in [6.45, 7) is 2.40. The van der Waals surface area contributed by atoms with Crippen molar-refractivity contribution in [2.24, 2.45) is 0 Å². The van der Waals surface area contributed by atoms with Crippen molar-refractivity contribution >= 4 is 38.4 Å². The molecule has 10 heteroatoms. The van der Waals surface area contributed by atoms with E-state index in [1.807, 2.05) is 13.0 Å². The Balaban J connectivity index is 1.70. The Bertz CT molecular complexity index is 1490. The fourth-order valence-electron chi connectivity index (χ4n) is 4.17. The quantitative estimate of drug-likeness (QED) is 0.329. The number of Topliss-reactive ketones (excluding diaryl/α,β-unsaturated/α-hetero) is 1. The molecule has 0 spiro atoms. The number of carbonyl (C=O) groups is 2. The predicted molar refractivity (Wildman–Crippen MR) is 133 cm³/mol. The van der Waals surface area contributed by atoms with Crippen molar-refractivity contribution in [3.63, 3.8) is 0 Å². The van der Waals surface area contributed by atoms with E-state index >= 15 is 0 Å². The third-order valence-electron chi connectivity index (χ3n) is 5.79. The van der Waals surface area contributed by atoms with Gasteiger partial charge in [0.2, 0.25) is 5.78 Å². The molecule has 184 valence electrons. The highest BCUT2D eigenvalue weighted by Gasteiger charge is 2.47. The number of amides is 1. The molecule has 9 nitrogen and oxygen atoms in total. The Morgan fingerprint density at radius 1 is 1.14 bits per heavy atom. The monoisotopic (exact) mass is 506 g/mol. The van der Waals surface area contributed by atoms with Crippen LogP contribution in [0.15, 0.2) is 70.5 Å². The summed E-state index contributed by atoms with van der Waals surface area (Å²) in [6, 6.07) is 12.5. The number of nitrogens with zero attached hydrogens (tertiary/aromatic N) is 2. The summed E-state index contributed by atoms with van der Waals surface area (Å²) in [7, 11) is 2.99. The summed E-state index contributed by atoms with van der Waals surface area (Å²) in [5.41, 5.74) is 0.946. The smallest absolute Gasteiger partial charge is 0.296 e. The van der Waals surface area contributed by atoms with Gasteiger partial charge in [0.25, 0.3) is 5.91 Å². The summed E-state index contributed by atoms with van der Waals surface area (Å²) in [4.78, 5) is 32.9. The zero-order valence-corrected chi connectivity index (χ0v) is 20.5. The second-order valence-electron chi connectivity index (χ2n) is 7.81. The van der Waals surface area contributed by atoms with Crippen molar-refractivity contribution in [3.8, 4) is 17.2 Å². The number of methoxy groups -OCH3 is 2. The molecule has 2 aromatic heterocycles. The van der Waals surface area contributed by atoms with Crippen LogP contribution in [-0.4, -0.2) is 42.6 Å². The summed E-state index contributed by atoms with van der Waals surface area (Å²) >= 11 is 1.24. The van der Waals surface area contributed by atoms with Crippen LogP contribution in [-0.2, 0) is 4.79 Å². The standard InChI is InChI=1S/C26H22N2O7S/c1-4-34-15-7-9-17-20(13-15)36-26(27-17)28-22(16-12-14(32-2)8-10-18(16)33-3)21(24(30)25(28)31)23(29)19-6-5-11-35-19/h5-13,22,30H,4H2,1-3H3/t22-/m0/s1. The van der Waals surface area contributed by atoms with Gasteiger partial charge in [0.05, 0.1) is 42.9 Å². The van der Waals surface area contributed by atoms with E-state index in [9.17, 15) is 14.7 Å². The van der Waals surface area contributed by atoms with Gasteiger partial charge in [-0.05, 0) is 55.5 Å². The minimum absolute atomic E-state index is 0.0104. The SMILES string of the molecule is CCOc1ccc2nc(N3C(=O)C(O)=C(C(=O)c4ccco4)[C@@H]3c3cc(OC)ccc3OC)sc2c1. The highest BCUT2D eigenvalue weighted by Crippen LogP contribution is 2.47. The summed E-state index contributed by atoms with van der Waals surface area (Å²) in [6.07, 6.45) is 1.35. The van der Waals surface area contributed by atoms with Crippen LogP contribution in [0, 0.1) is 0 Å². The van der Waals surface area contributed by atoms with Gasteiger partial charge >= 0.3 is 0 Å². The van der Waals surface area contributed by atoms with Crippen molar-refractivity contribution in [1.82, 2.24) is 4.98 Å². The van der Waals surface area contributed by atoms with Gasteiger partial charge in [-0.2, -0.15) is 0 Å². The number of thiazole rings is 1. The molecule has 0 radical (unpaired) electrons. The van der Waals surface area contributed by atoms with Gasteiger partial charge in [-0.15, -0.1) is 0 Å². The third-order valence-corrected chi connectivity index (χ3v) is 6.81. The highest BCUT2D eigenvalue weighted by molar-refractivity contribution is 7.22. The average molecular weight is 507 g/mol. The number of aromatic nitrogens is 1. The molecule has 0 saturated carbocycles. The van der Waals surface area contributed by atoms with E-state index in [0.29, 0.717) is 40.1 Å². The molecular weight excluding hydrogens is 484 g/mol. The molecular formula is C26H22N2O7S. The van der Waals surface area contributed by atoms with Crippen molar-refractivity contribution in [2.45, 2.75) is 13.0 Å². The van der Waals surface area contributed by atoms with Crippen LogP contribution >= 0.6 is 11.3 Å². The van der Waals surface area contributed by atoms with E-state index < -0.39 is 23.5 Å². The third kappa shape index (κ3) is 3.85. The number of benzene rings is 2. The Kier molecular flexibility index (Phi) is 6.11. The second-order valence-corrected chi connectivity index (χ2v) is 8.82. The Hall–Kier alpha value is -4.31. The van der Waals surface area contributed by atoms with Crippen LogP contribution in [0.2, 0.25) is 0 Å². The number of hydrogen-bond acceptors (Lipinski definition) is 9. The van der Waals surface area contributed by atoms with Gasteiger partial charge < -0.3 is 23.7 Å². The van der Waals surface area contributed by atoms with Crippen LogP contribution in [0.25, 0.3) is 10.2 Å². The number of ether oxygens (including phenoxy) is 3. The van der Waals surface area contributed by atoms with Gasteiger partial charge in [-0.3, -0.25) is 14.5 Å². The van der Waals surface area contributed by atoms with Crippen molar-refractivity contribution in [3.05, 3.63) is 77.5 Å². The van der Waals surface area contributed by atoms with Crippen LogP contribution < -0.4 is 19.1 Å². The van der Waals surface area contributed by atoms with E-state index in [1.54, 1.807) is 36.4 Å². The first-order chi connectivity index (χ1) is 17.5. The van der Waals surface area contributed by atoms with Crippen LogP contribution in [0.5, 0.6) is 17.2 Å². The first kappa shape index (κ1) is 23.4. The molecule has 0 unspecified atom stereocenters. The van der Waals surface area contributed by atoms with Gasteiger partial charge in [0.1, 0.15) is 23.3 Å². The number of aliphatic hydroxyl groups excluding tert-OH is 1. The number of anilines is 1. The van der Waals surface area contributed by atoms with Crippen molar-refractivity contribution in [2.75, 3.05) is 25.7 Å². The van der Waals surface area contributed by atoms with E-state index in [4.69, 9.17) is 18.6 Å². The summed E-state index contributed by atoms with van der Waals surface area (Å²) in [5.74, 6) is -0.512. The molecule has 0 fully saturated rings. The number of carbonyl (C=O) groups excluding carboxylic acids is 2. The first-order valence-corrected chi connectivity index (χ1v) is 11.9. The lowest BCUT2D eigenvalue weighted by molar-refractivity contribution is -0.117. The molecule has 1 atom stereocenters. The van der Waals surface area contributed by atoms with Crippen molar-refractivity contribution < 1.29 is 33.3 Å². The number of aliphatic hydroxyl groups is 1. The lowest BCUT2D eigenvalue weighted by Crippen LogP contribution is -2.31. The predicted octanol–water partition coefficient (Wildman–Crippen LogP) is 5.09. The maximum atomic E-state index is 13.5. The summed E-state index contributed by atoms with van der Waals surface area (Å²) < 4.78 is 22.6. The molecule has 1 aliphatic heterocycles. The van der Waals surface area contributed by atoms with Gasteiger partial charge in [0.15, 0.2) is 16.7 Å². The average Bonchev–Trinajstić information content (AvgIpc) is 3.62. The Morgan fingerprint density at radius 3 is 2.64 bits per heavy atom. The van der Waals surface area contributed by atoms with Crippen molar-refractivity contribution in [1.29, 1.82) is 0 Å². The molecule has 2 aromatic carbocycles. The Labute approximate surface area is 210 Å². The molecule has 1 aliphatic rings. The number of fused-ring (bicyclic) bond motifs is 1. The van der Waals surface area contributed by atoms with E-state index in [0.717, 1.165) is 4.70 Å². The maximum Gasteiger partial charge on any atom is 0.296 e. The van der Waals surface area contributed by atoms with Gasteiger partial charge in [-0.1, -0.05) is 11.3 Å². The number of rotatable bonds is 8. The fourth-order valence-corrected chi connectivity index (χ4v) is 5.20. The Morgan fingerprint density at radius 2 is 1.94 bits per heavy atom. The zero-order chi connectivity index (χ0) is 25.4. The lowest BCUT2D eigenvalue weighted by Gasteiger charge is -2.26.